The van der Waals surface area contributed by atoms with Crippen molar-refractivity contribution in [3.05, 3.63) is 48.4 Å². The fraction of sp³-hybridized carbons (Fsp3) is 0.400. The number of halogens is 1. The van der Waals surface area contributed by atoms with Gasteiger partial charge in [0.25, 0.3) is 0 Å². The highest BCUT2D eigenvalue weighted by molar-refractivity contribution is 5.67. The van der Waals surface area contributed by atoms with Crippen molar-refractivity contribution in [2.24, 2.45) is 0 Å². The van der Waals surface area contributed by atoms with Gasteiger partial charge in [-0.25, -0.2) is 9.07 Å². The molecule has 0 saturated carbocycles. The first-order valence-corrected chi connectivity index (χ1v) is 9.33. The van der Waals surface area contributed by atoms with Crippen molar-refractivity contribution in [3.63, 3.8) is 0 Å². The minimum Gasteiger partial charge on any atom is -0.463 e. The summed E-state index contributed by atoms with van der Waals surface area (Å²) in [6.07, 6.45) is 2.96. The van der Waals surface area contributed by atoms with E-state index in [1.807, 2.05) is 0 Å². The molecule has 0 bridgehead atoms. The Labute approximate surface area is 172 Å². The molecule has 30 heavy (non-hydrogen) atoms. The molecule has 0 fully saturated rings. The fourth-order valence-electron chi connectivity index (χ4n) is 2.78. The standard InChI is InChI=1S/C20H22FN3O6/c1-13(25)28-12-19-18(29-14(2)26)7-8-20(30-19)27-10-9-24-11-17(22-23-24)15-3-5-16(21)6-4-15/h3-8,11,18-20H,9-10,12H2,1-2H3/t18-,19+,20-/m0/s1. The highest BCUT2D eigenvalue weighted by Gasteiger charge is 2.31. The van der Waals surface area contributed by atoms with Gasteiger partial charge >= 0.3 is 11.9 Å². The Morgan fingerprint density at radius 1 is 1.17 bits per heavy atom. The number of aromatic nitrogens is 3. The van der Waals surface area contributed by atoms with Gasteiger partial charge in [0.2, 0.25) is 0 Å². The topological polar surface area (TPSA) is 102 Å². The van der Waals surface area contributed by atoms with Crippen LogP contribution in [0, 0.1) is 5.82 Å². The molecule has 10 heteroatoms. The SMILES string of the molecule is CC(=O)OC[C@H]1O[C@H](OCCn2cc(-c3ccc(F)cc3)nn2)C=C[C@@H]1OC(C)=O. The van der Waals surface area contributed by atoms with E-state index in [0.717, 1.165) is 5.56 Å². The molecule has 160 valence electrons. The molecule has 9 nitrogen and oxygen atoms in total. The smallest absolute Gasteiger partial charge is 0.303 e. The maximum Gasteiger partial charge on any atom is 0.303 e. The van der Waals surface area contributed by atoms with E-state index in [1.165, 1.54) is 26.0 Å². The minimum absolute atomic E-state index is 0.0679. The third-order valence-electron chi connectivity index (χ3n) is 4.17. The van der Waals surface area contributed by atoms with Crippen LogP contribution in [0.1, 0.15) is 13.8 Å². The van der Waals surface area contributed by atoms with Gasteiger partial charge in [0.1, 0.15) is 30.3 Å². The Morgan fingerprint density at radius 2 is 1.93 bits per heavy atom. The molecule has 1 aliphatic heterocycles. The van der Waals surface area contributed by atoms with E-state index in [4.69, 9.17) is 18.9 Å². The molecule has 2 heterocycles. The van der Waals surface area contributed by atoms with Crippen molar-refractivity contribution in [3.8, 4) is 11.3 Å². The van der Waals surface area contributed by atoms with Gasteiger partial charge < -0.3 is 18.9 Å². The van der Waals surface area contributed by atoms with E-state index in [1.54, 1.807) is 35.2 Å². The predicted octanol–water partition coefficient (Wildman–Crippen LogP) is 1.88. The average Bonchev–Trinajstić information content (AvgIpc) is 3.17. The van der Waals surface area contributed by atoms with Crippen molar-refractivity contribution in [2.75, 3.05) is 13.2 Å². The lowest BCUT2D eigenvalue weighted by Gasteiger charge is -2.31. The molecule has 1 aromatic heterocycles. The molecule has 3 rings (SSSR count). The zero-order valence-electron chi connectivity index (χ0n) is 16.6. The zero-order valence-corrected chi connectivity index (χ0v) is 16.6. The van der Waals surface area contributed by atoms with E-state index < -0.39 is 30.4 Å². The summed E-state index contributed by atoms with van der Waals surface area (Å²) >= 11 is 0. The first-order chi connectivity index (χ1) is 14.4. The number of ether oxygens (including phenoxy) is 4. The number of nitrogens with zero attached hydrogens (tertiary/aromatic N) is 3. The number of rotatable bonds is 8. The lowest BCUT2D eigenvalue weighted by atomic mass is 10.1. The minimum atomic E-state index is -0.697. The Bertz CT molecular complexity index is 898. The first-order valence-electron chi connectivity index (χ1n) is 9.33. The van der Waals surface area contributed by atoms with Gasteiger partial charge in [-0.3, -0.25) is 9.59 Å². The summed E-state index contributed by atoms with van der Waals surface area (Å²) in [5, 5.41) is 8.09. The quantitative estimate of drug-likeness (QED) is 0.472. The molecule has 0 unspecified atom stereocenters. The second-order valence-corrected chi connectivity index (χ2v) is 6.55. The van der Waals surface area contributed by atoms with Gasteiger partial charge in [-0.15, -0.1) is 5.10 Å². The van der Waals surface area contributed by atoms with Crippen LogP contribution in [0.5, 0.6) is 0 Å². The monoisotopic (exact) mass is 419 g/mol. The number of carbonyl (C=O) groups excluding carboxylic acids is 2. The molecule has 0 radical (unpaired) electrons. The molecule has 0 spiro atoms. The summed E-state index contributed by atoms with van der Waals surface area (Å²) in [5.41, 5.74) is 1.38. The Kier molecular flexibility index (Phi) is 7.26. The Balaban J connectivity index is 1.52. The number of hydrogen-bond acceptors (Lipinski definition) is 8. The average molecular weight is 419 g/mol. The summed E-state index contributed by atoms with van der Waals surface area (Å²) in [6.45, 7) is 3.18. The molecule has 0 amide bonds. The van der Waals surface area contributed by atoms with Crippen LogP contribution in [0.2, 0.25) is 0 Å². The van der Waals surface area contributed by atoms with Crippen molar-refractivity contribution >= 4 is 11.9 Å². The summed E-state index contributed by atoms with van der Waals surface area (Å²) in [4.78, 5) is 22.3. The van der Waals surface area contributed by atoms with Gasteiger partial charge in [-0.05, 0) is 36.4 Å². The molecular formula is C20H22FN3O6. The molecule has 2 aromatic rings. The van der Waals surface area contributed by atoms with E-state index in [-0.39, 0.29) is 19.0 Å². The summed E-state index contributed by atoms with van der Waals surface area (Å²) < 4.78 is 36.2. The van der Waals surface area contributed by atoms with Crippen LogP contribution in [0.25, 0.3) is 11.3 Å². The van der Waals surface area contributed by atoms with E-state index in [9.17, 15) is 14.0 Å². The first kappa shape index (κ1) is 21.6. The normalized spacial score (nSPS) is 20.7. The fourth-order valence-corrected chi connectivity index (χ4v) is 2.78. The van der Waals surface area contributed by atoms with Crippen molar-refractivity contribution in [1.82, 2.24) is 15.0 Å². The third-order valence-corrected chi connectivity index (χ3v) is 4.17. The van der Waals surface area contributed by atoms with Crippen LogP contribution >= 0.6 is 0 Å². The maximum atomic E-state index is 13.0. The summed E-state index contributed by atoms with van der Waals surface area (Å²) in [6, 6.07) is 5.98. The number of hydrogen-bond donors (Lipinski definition) is 0. The Hall–Kier alpha value is -3.11. The van der Waals surface area contributed by atoms with E-state index in [2.05, 4.69) is 10.3 Å². The maximum absolute atomic E-state index is 13.0. The van der Waals surface area contributed by atoms with Crippen LogP contribution in [0.4, 0.5) is 4.39 Å². The molecule has 3 atom stereocenters. The third kappa shape index (κ3) is 6.19. The molecule has 0 N–H and O–H groups in total. The van der Waals surface area contributed by atoms with Crippen LogP contribution in [0.15, 0.2) is 42.6 Å². The van der Waals surface area contributed by atoms with Crippen molar-refractivity contribution in [2.45, 2.75) is 38.9 Å². The van der Waals surface area contributed by atoms with Crippen LogP contribution in [0.3, 0.4) is 0 Å². The van der Waals surface area contributed by atoms with Gasteiger partial charge in [-0.1, -0.05) is 5.21 Å². The molecule has 0 saturated heterocycles. The molecule has 1 aromatic carbocycles. The number of esters is 2. The largest absolute Gasteiger partial charge is 0.463 e. The Morgan fingerprint density at radius 3 is 2.63 bits per heavy atom. The second-order valence-electron chi connectivity index (χ2n) is 6.55. The zero-order chi connectivity index (χ0) is 21.5. The van der Waals surface area contributed by atoms with Gasteiger partial charge in [0.05, 0.1) is 19.3 Å². The summed E-state index contributed by atoms with van der Waals surface area (Å²) in [7, 11) is 0. The van der Waals surface area contributed by atoms with E-state index >= 15 is 0 Å². The summed E-state index contributed by atoms with van der Waals surface area (Å²) in [5.74, 6) is -1.25. The molecule has 0 aliphatic carbocycles. The lowest BCUT2D eigenvalue weighted by Crippen LogP contribution is -2.42. The van der Waals surface area contributed by atoms with Crippen molar-refractivity contribution in [1.29, 1.82) is 0 Å². The number of benzene rings is 1. The molecule has 1 aliphatic rings. The highest BCUT2D eigenvalue weighted by atomic mass is 19.1. The van der Waals surface area contributed by atoms with Gasteiger partial charge in [0, 0.05) is 19.4 Å². The van der Waals surface area contributed by atoms with Gasteiger partial charge in [-0.2, -0.15) is 0 Å². The van der Waals surface area contributed by atoms with Gasteiger partial charge in [0.15, 0.2) is 6.29 Å². The van der Waals surface area contributed by atoms with Crippen LogP contribution < -0.4 is 0 Å². The lowest BCUT2D eigenvalue weighted by molar-refractivity contribution is -0.197. The second kappa shape index (κ2) is 10.1. The van der Waals surface area contributed by atoms with Crippen LogP contribution in [-0.2, 0) is 35.1 Å². The van der Waals surface area contributed by atoms with Crippen molar-refractivity contribution < 1.29 is 32.9 Å². The van der Waals surface area contributed by atoms with Crippen LogP contribution in [-0.4, -0.2) is 58.6 Å². The number of carbonyl (C=O) groups is 2. The predicted molar refractivity (Wildman–Crippen MR) is 101 cm³/mol. The highest BCUT2D eigenvalue weighted by Crippen LogP contribution is 2.19. The molecular weight excluding hydrogens is 397 g/mol. The van der Waals surface area contributed by atoms with E-state index in [0.29, 0.717) is 12.2 Å².